The van der Waals surface area contributed by atoms with Crippen LogP contribution >= 0.6 is 0 Å². The summed E-state index contributed by atoms with van der Waals surface area (Å²) >= 11 is 0. The number of hydrogen-bond acceptors (Lipinski definition) is 4. The lowest BCUT2D eigenvalue weighted by Gasteiger charge is -2.17. The molecule has 0 saturated carbocycles. The van der Waals surface area contributed by atoms with E-state index in [4.69, 9.17) is 9.84 Å². The number of carboxylic acids is 1. The van der Waals surface area contributed by atoms with E-state index >= 15 is 0 Å². The van der Waals surface area contributed by atoms with Crippen LogP contribution in [0.5, 0.6) is 0 Å². The molecule has 0 fully saturated rings. The number of ether oxygens (including phenoxy) is 1. The molecule has 2 aromatic carbocycles. The molecule has 32 heavy (non-hydrogen) atoms. The zero-order valence-electron chi connectivity index (χ0n) is 18.5. The van der Waals surface area contributed by atoms with E-state index in [1.807, 2.05) is 24.3 Å². The van der Waals surface area contributed by atoms with Gasteiger partial charge < -0.3 is 20.5 Å². The minimum absolute atomic E-state index is 0.0139. The zero-order valence-corrected chi connectivity index (χ0v) is 18.5. The summed E-state index contributed by atoms with van der Waals surface area (Å²) in [6, 6.07) is 15.9. The molecule has 7 nitrogen and oxygen atoms in total. The highest BCUT2D eigenvalue weighted by Crippen LogP contribution is 2.44. The van der Waals surface area contributed by atoms with E-state index in [0.29, 0.717) is 19.4 Å². The summed E-state index contributed by atoms with van der Waals surface area (Å²) in [7, 11) is 0. The standard InChI is InChI=1S/C25H30N2O5/c1-16(24(29)30)8-7-13-26-23(28)14-17(2)27-25(31)32-15-22-20-11-5-3-9-18(20)19-10-4-6-12-21(19)22/h3-6,9-12,16-17,22H,7-8,13-15H2,1-2H3,(H,26,28)(H,27,31)(H,29,30). The summed E-state index contributed by atoms with van der Waals surface area (Å²) in [5, 5.41) is 14.3. The molecule has 2 unspecified atom stereocenters. The smallest absolute Gasteiger partial charge is 0.407 e. The normalized spacial score (nSPS) is 14.1. The third-order valence-electron chi connectivity index (χ3n) is 5.76. The summed E-state index contributed by atoms with van der Waals surface area (Å²) < 4.78 is 5.50. The number of carbonyl (C=O) groups excluding carboxylic acids is 2. The second kappa shape index (κ2) is 10.8. The summed E-state index contributed by atoms with van der Waals surface area (Å²) in [6.45, 7) is 4.02. The monoisotopic (exact) mass is 438 g/mol. The topological polar surface area (TPSA) is 105 Å². The van der Waals surface area contributed by atoms with Gasteiger partial charge in [0.15, 0.2) is 0 Å². The molecule has 1 aliphatic carbocycles. The molecule has 1 aliphatic rings. The van der Waals surface area contributed by atoms with Crippen molar-refractivity contribution < 1.29 is 24.2 Å². The van der Waals surface area contributed by atoms with Crippen molar-refractivity contribution in [1.29, 1.82) is 0 Å². The Labute approximate surface area is 188 Å². The van der Waals surface area contributed by atoms with Crippen LogP contribution in [0.1, 0.15) is 50.2 Å². The predicted octanol–water partition coefficient (Wildman–Crippen LogP) is 3.92. The van der Waals surface area contributed by atoms with Crippen molar-refractivity contribution >= 4 is 18.0 Å². The Morgan fingerprint density at radius 1 is 1.00 bits per heavy atom. The Balaban J connectivity index is 1.42. The number of rotatable bonds is 10. The highest BCUT2D eigenvalue weighted by Gasteiger charge is 2.29. The average Bonchev–Trinajstić information content (AvgIpc) is 3.08. The Morgan fingerprint density at radius 2 is 1.59 bits per heavy atom. The van der Waals surface area contributed by atoms with Crippen LogP contribution in [0.25, 0.3) is 11.1 Å². The fourth-order valence-corrected chi connectivity index (χ4v) is 4.00. The number of carboxylic acid groups (broad SMARTS) is 1. The van der Waals surface area contributed by atoms with E-state index < -0.39 is 18.0 Å². The average molecular weight is 439 g/mol. The Kier molecular flexibility index (Phi) is 7.87. The summed E-state index contributed by atoms with van der Waals surface area (Å²) in [5.41, 5.74) is 4.62. The number of aliphatic carboxylic acids is 1. The molecule has 7 heteroatoms. The van der Waals surface area contributed by atoms with Gasteiger partial charge >= 0.3 is 12.1 Å². The van der Waals surface area contributed by atoms with Crippen molar-refractivity contribution in [2.45, 2.75) is 45.1 Å². The van der Waals surface area contributed by atoms with Crippen molar-refractivity contribution in [3.63, 3.8) is 0 Å². The molecular formula is C25H30N2O5. The number of nitrogens with one attached hydrogen (secondary N) is 2. The van der Waals surface area contributed by atoms with Gasteiger partial charge in [-0.25, -0.2) is 4.79 Å². The van der Waals surface area contributed by atoms with Gasteiger partial charge in [-0.2, -0.15) is 0 Å². The summed E-state index contributed by atoms with van der Waals surface area (Å²) in [6.07, 6.45) is 0.664. The summed E-state index contributed by atoms with van der Waals surface area (Å²) in [5.74, 6) is -1.47. The van der Waals surface area contributed by atoms with E-state index in [1.165, 1.54) is 11.1 Å². The van der Waals surface area contributed by atoms with Gasteiger partial charge in [0.1, 0.15) is 6.61 Å². The van der Waals surface area contributed by atoms with E-state index in [1.54, 1.807) is 13.8 Å². The highest BCUT2D eigenvalue weighted by atomic mass is 16.5. The van der Waals surface area contributed by atoms with Crippen molar-refractivity contribution in [2.24, 2.45) is 5.92 Å². The van der Waals surface area contributed by atoms with Crippen molar-refractivity contribution in [2.75, 3.05) is 13.2 Å². The lowest BCUT2D eigenvalue weighted by atomic mass is 9.98. The molecule has 2 aromatic rings. The molecule has 0 radical (unpaired) electrons. The maximum absolute atomic E-state index is 12.3. The fraction of sp³-hybridized carbons (Fsp3) is 0.400. The van der Waals surface area contributed by atoms with Crippen LogP contribution in [0.2, 0.25) is 0 Å². The first-order valence-corrected chi connectivity index (χ1v) is 11.0. The van der Waals surface area contributed by atoms with Gasteiger partial charge in [-0.1, -0.05) is 55.5 Å². The Morgan fingerprint density at radius 3 is 2.19 bits per heavy atom. The SMILES string of the molecule is CC(CC(=O)NCCCC(C)C(=O)O)NC(=O)OCC1c2ccccc2-c2ccccc21. The van der Waals surface area contributed by atoms with Crippen molar-refractivity contribution in [1.82, 2.24) is 10.6 Å². The number of benzene rings is 2. The van der Waals surface area contributed by atoms with Crippen LogP contribution < -0.4 is 10.6 Å². The number of alkyl carbamates (subject to hydrolysis) is 1. The van der Waals surface area contributed by atoms with Crippen LogP contribution in [0.3, 0.4) is 0 Å². The molecule has 3 rings (SSSR count). The first-order valence-electron chi connectivity index (χ1n) is 11.0. The molecule has 0 saturated heterocycles. The number of fused-ring (bicyclic) bond motifs is 3. The van der Waals surface area contributed by atoms with E-state index in [2.05, 4.69) is 34.9 Å². The van der Waals surface area contributed by atoms with Crippen LogP contribution in [-0.4, -0.2) is 42.3 Å². The third-order valence-corrected chi connectivity index (χ3v) is 5.76. The van der Waals surface area contributed by atoms with E-state index in [0.717, 1.165) is 11.1 Å². The van der Waals surface area contributed by atoms with Gasteiger partial charge in [0.2, 0.25) is 5.91 Å². The maximum Gasteiger partial charge on any atom is 0.407 e. The van der Waals surface area contributed by atoms with Gasteiger partial charge in [0.05, 0.1) is 5.92 Å². The molecular weight excluding hydrogens is 408 g/mol. The first-order chi connectivity index (χ1) is 15.4. The second-order valence-corrected chi connectivity index (χ2v) is 8.31. The molecule has 0 spiro atoms. The largest absolute Gasteiger partial charge is 0.481 e. The lowest BCUT2D eigenvalue weighted by Crippen LogP contribution is -2.38. The third kappa shape index (κ3) is 5.87. The van der Waals surface area contributed by atoms with Crippen LogP contribution in [0.4, 0.5) is 4.79 Å². The van der Waals surface area contributed by atoms with Crippen molar-refractivity contribution in [3.8, 4) is 11.1 Å². The second-order valence-electron chi connectivity index (χ2n) is 8.31. The highest BCUT2D eigenvalue weighted by molar-refractivity contribution is 5.79. The first kappa shape index (κ1) is 23.3. The van der Waals surface area contributed by atoms with Crippen LogP contribution in [-0.2, 0) is 14.3 Å². The molecule has 0 aromatic heterocycles. The minimum Gasteiger partial charge on any atom is -0.481 e. The number of hydrogen-bond donors (Lipinski definition) is 3. The Bertz CT molecular complexity index is 929. The number of amides is 2. The maximum atomic E-state index is 12.3. The molecule has 2 atom stereocenters. The fourth-order valence-electron chi connectivity index (χ4n) is 4.00. The lowest BCUT2D eigenvalue weighted by molar-refractivity contribution is -0.141. The molecule has 0 bridgehead atoms. The zero-order chi connectivity index (χ0) is 23.1. The molecule has 0 aliphatic heterocycles. The summed E-state index contributed by atoms with van der Waals surface area (Å²) in [4.78, 5) is 35.1. The Hall–Kier alpha value is -3.35. The van der Waals surface area contributed by atoms with Gasteiger partial charge in [-0.3, -0.25) is 9.59 Å². The molecule has 2 amide bonds. The van der Waals surface area contributed by atoms with Gasteiger partial charge in [0, 0.05) is 24.9 Å². The van der Waals surface area contributed by atoms with E-state index in [9.17, 15) is 14.4 Å². The molecule has 0 heterocycles. The van der Waals surface area contributed by atoms with Gasteiger partial charge in [-0.05, 0) is 42.0 Å². The van der Waals surface area contributed by atoms with Gasteiger partial charge in [0.25, 0.3) is 0 Å². The van der Waals surface area contributed by atoms with Crippen LogP contribution in [0.15, 0.2) is 48.5 Å². The number of carbonyl (C=O) groups is 3. The molecule has 3 N–H and O–H groups in total. The van der Waals surface area contributed by atoms with Crippen LogP contribution in [0, 0.1) is 5.92 Å². The minimum atomic E-state index is -0.836. The van der Waals surface area contributed by atoms with Crippen molar-refractivity contribution in [3.05, 3.63) is 59.7 Å². The molecule has 170 valence electrons. The van der Waals surface area contributed by atoms with Gasteiger partial charge in [-0.15, -0.1) is 0 Å². The quantitative estimate of drug-likeness (QED) is 0.488. The van der Waals surface area contributed by atoms with E-state index in [-0.39, 0.29) is 30.9 Å². The predicted molar refractivity (Wildman–Crippen MR) is 121 cm³/mol.